The van der Waals surface area contributed by atoms with Crippen LogP contribution in [-0.4, -0.2) is 52.6 Å². The summed E-state index contributed by atoms with van der Waals surface area (Å²) in [6, 6.07) is 11.1. The second kappa shape index (κ2) is 12.7. The number of pyridine rings is 1. The molecule has 12 heteroatoms. The van der Waals surface area contributed by atoms with Gasteiger partial charge < -0.3 is 25.0 Å². The van der Waals surface area contributed by atoms with E-state index in [0.717, 1.165) is 12.1 Å². The van der Waals surface area contributed by atoms with Crippen molar-refractivity contribution in [2.45, 2.75) is 45.3 Å². The monoisotopic (exact) mass is 602 g/mol. The molecular formula is C29H29Cl2FN4O5. The minimum Gasteiger partial charge on any atom is -0.489 e. The van der Waals surface area contributed by atoms with Crippen LogP contribution in [0.3, 0.4) is 0 Å². The third-order valence-corrected chi connectivity index (χ3v) is 6.48. The smallest absolute Gasteiger partial charge is 0.410 e. The van der Waals surface area contributed by atoms with E-state index < -0.39 is 29.3 Å². The van der Waals surface area contributed by atoms with Crippen molar-refractivity contribution in [1.29, 1.82) is 0 Å². The van der Waals surface area contributed by atoms with E-state index in [1.54, 1.807) is 31.7 Å². The number of carbonyl (C=O) groups excluding carboxylic acids is 3. The summed E-state index contributed by atoms with van der Waals surface area (Å²) in [5.41, 5.74) is -0.287. The molecule has 0 aliphatic carbocycles. The Kier molecular flexibility index (Phi) is 9.35. The van der Waals surface area contributed by atoms with Gasteiger partial charge >= 0.3 is 6.09 Å². The average molecular weight is 603 g/mol. The van der Waals surface area contributed by atoms with Gasteiger partial charge in [0.05, 0.1) is 21.8 Å². The first-order valence-corrected chi connectivity index (χ1v) is 13.6. The minimum atomic E-state index is -0.632. The maximum absolute atomic E-state index is 14.2. The van der Waals surface area contributed by atoms with Crippen molar-refractivity contribution in [2.75, 3.05) is 23.7 Å². The Morgan fingerprint density at radius 2 is 1.59 bits per heavy atom. The van der Waals surface area contributed by atoms with Crippen LogP contribution in [-0.2, 0) is 4.74 Å². The summed E-state index contributed by atoms with van der Waals surface area (Å²) < 4.78 is 25.7. The Hall–Kier alpha value is -3.89. The summed E-state index contributed by atoms with van der Waals surface area (Å²) in [7, 11) is 0. The van der Waals surface area contributed by atoms with E-state index >= 15 is 0 Å². The van der Waals surface area contributed by atoms with Crippen LogP contribution in [0.15, 0.2) is 54.7 Å². The zero-order valence-corrected chi connectivity index (χ0v) is 24.2. The van der Waals surface area contributed by atoms with Gasteiger partial charge in [0.15, 0.2) is 0 Å². The van der Waals surface area contributed by atoms with Crippen molar-refractivity contribution in [3.63, 3.8) is 0 Å². The van der Waals surface area contributed by atoms with E-state index in [4.69, 9.17) is 32.7 Å². The molecule has 0 unspecified atom stereocenters. The Bertz CT molecular complexity index is 1440. The number of hydrogen-bond acceptors (Lipinski definition) is 6. The zero-order chi connectivity index (χ0) is 29.7. The number of aromatic nitrogens is 1. The molecule has 41 heavy (non-hydrogen) atoms. The highest BCUT2D eigenvalue weighted by molar-refractivity contribution is 6.31. The summed E-state index contributed by atoms with van der Waals surface area (Å²) in [6.07, 6.45) is 1.55. The first-order valence-electron chi connectivity index (χ1n) is 12.9. The molecule has 4 rings (SSSR count). The SMILES string of the molecule is CC(C)(C)OC(=O)N1CCC(Oc2cc(F)ccc2C(=O)Nc2cc(Cl)ccc2C(=O)Nc2ccc(Cl)cn2)CC1. The molecule has 0 bridgehead atoms. The molecular weight excluding hydrogens is 574 g/mol. The number of hydrogen-bond donors (Lipinski definition) is 2. The number of nitrogens with zero attached hydrogens (tertiary/aromatic N) is 2. The highest BCUT2D eigenvalue weighted by Crippen LogP contribution is 2.28. The average Bonchev–Trinajstić information content (AvgIpc) is 2.89. The van der Waals surface area contributed by atoms with Gasteiger partial charge in [-0.3, -0.25) is 9.59 Å². The molecule has 1 aromatic heterocycles. The van der Waals surface area contributed by atoms with Crippen molar-refractivity contribution in [3.05, 3.63) is 81.7 Å². The second-order valence-electron chi connectivity index (χ2n) is 10.4. The second-order valence-corrected chi connectivity index (χ2v) is 11.3. The number of halogens is 3. The van der Waals surface area contributed by atoms with Crippen molar-refractivity contribution in [3.8, 4) is 5.75 Å². The lowest BCUT2D eigenvalue weighted by Gasteiger charge is -2.33. The van der Waals surface area contributed by atoms with Gasteiger partial charge in [0.1, 0.15) is 29.1 Å². The maximum atomic E-state index is 14.2. The van der Waals surface area contributed by atoms with E-state index in [0.29, 0.717) is 31.0 Å². The van der Waals surface area contributed by atoms with Crippen LogP contribution in [0.1, 0.15) is 54.3 Å². The van der Waals surface area contributed by atoms with Gasteiger partial charge in [0.2, 0.25) is 0 Å². The molecule has 2 N–H and O–H groups in total. The van der Waals surface area contributed by atoms with E-state index in [1.165, 1.54) is 36.5 Å². The fourth-order valence-corrected chi connectivity index (χ4v) is 4.37. The van der Waals surface area contributed by atoms with Crippen LogP contribution in [0.5, 0.6) is 5.75 Å². The molecule has 9 nitrogen and oxygen atoms in total. The number of benzene rings is 2. The fraction of sp³-hybridized carbons (Fsp3) is 0.310. The van der Waals surface area contributed by atoms with Gasteiger partial charge in [0.25, 0.3) is 11.8 Å². The Balaban J connectivity index is 1.47. The van der Waals surface area contributed by atoms with Gasteiger partial charge in [-0.1, -0.05) is 23.2 Å². The van der Waals surface area contributed by atoms with E-state index in [9.17, 15) is 18.8 Å². The van der Waals surface area contributed by atoms with Crippen molar-refractivity contribution in [2.24, 2.45) is 0 Å². The van der Waals surface area contributed by atoms with Crippen LogP contribution in [0.4, 0.5) is 20.7 Å². The molecule has 3 aromatic rings. The summed E-state index contributed by atoms with van der Waals surface area (Å²) in [4.78, 5) is 44.4. The highest BCUT2D eigenvalue weighted by Gasteiger charge is 2.29. The molecule has 1 saturated heterocycles. The Labute approximate surface area is 246 Å². The molecule has 3 amide bonds. The fourth-order valence-electron chi connectivity index (χ4n) is 4.08. The van der Waals surface area contributed by atoms with E-state index in [2.05, 4.69) is 15.6 Å². The Morgan fingerprint density at radius 1 is 0.927 bits per heavy atom. The molecule has 0 saturated carbocycles. The lowest BCUT2D eigenvalue weighted by atomic mass is 10.1. The van der Waals surface area contributed by atoms with E-state index in [-0.39, 0.29) is 39.5 Å². The topological polar surface area (TPSA) is 110 Å². The van der Waals surface area contributed by atoms with Crippen molar-refractivity contribution in [1.82, 2.24) is 9.88 Å². The van der Waals surface area contributed by atoms with Gasteiger partial charge in [-0.05, 0) is 63.2 Å². The van der Waals surface area contributed by atoms with Gasteiger partial charge in [-0.2, -0.15) is 0 Å². The molecule has 2 heterocycles. The van der Waals surface area contributed by atoms with Crippen LogP contribution in [0.2, 0.25) is 10.0 Å². The molecule has 0 radical (unpaired) electrons. The largest absolute Gasteiger partial charge is 0.489 e. The number of nitrogens with one attached hydrogen (secondary N) is 2. The number of likely N-dealkylation sites (tertiary alicyclic amines) is 1. The lowest BCUT2D eigenvalue weighted by Crippen LogP contribution is -2.44. The van der Waals surface area contributed by atoms with Crippen LogP contribution < -0.4 is 15.4 Å². The van der Waals surface area contributed by atoms with Gasteiger partial charge in [-0.25, -0.2) is 14.2 Å². The Morgan fingerprint density at radius 3 is 2.24 bits per heavy atom. The molecule has 0 spiro atoms. The predicted octanol–water partition coefficient (Wildman–Crippen LogP) is 6.81. The molecule has 2 aromatic carbocycles. The predicted molar refractivity (Wildman–Crippen MR) is 154 cm³/mol. The molecule has 1 aliphatic heterocycles. The van der Waals surface area contributed by atoms with Crippen molar-refractivity contribution < 1.29 is 28.2 Å². The number of anilines is 2. The molecule has 1 aliphatic rings. The third-order valence-electron chi connectivity index (χ3n) is 6.02. The number of ether oxygens (including phenoxy) is 2. The van der Waals surface area contributed by atoms with E-state index in [1.807, 2.05) is 0 Å². The summed E-state index contributed by atoms with van der Waals surface area (Å²) in [5.74, 6) is -1.46. The van der Waals surface area contributed by atoms with Crippen LogP contribution in [0.25, 0.3) is 0 Å². The summed E-state index contributed by atoms with van der Waals surface area (Å²) >= 11 is 12.0. The lowest BCUT2D eigenvalue weighted by molar-refractivity contribution is 0.0126. The normalized spacial score (nSPS) is 13.9. The standard InChI is InChI=1S/C29H29Cl2FN4O5/c1-29(2,3)41-28(39)36-12-10-20(11-13-36)40-24-15-19(32)6-8-22(24)27(38)34-23-14-17(30)4-7-21(23)26(37)35-25-9-5-18(31)16-33-25/h4-9,14-16,20H,10-13H2,1-3H3,(H,34,38)(H,33,35,37). The van der Waals surface area contributed by atoms with Crippen molar-refractivity contribution >= 4 is 52.6 Å². The first-order chi connectivity index (χ1) is 19.4. The first kappa shape index (κ1) is 30.1. The molecule has 216 valence electrons. The number of amides is 3. The molecule has 1 fully saturated rings. The number of piperidine rings is 1. The minimum absolute atomic E-state index is 0.0385. The number of carbonyl (C=O) groups is 3. The zero-order valence-electron chi connectivity index (χ0n) is 22.7. The third kappa shape index (κ3) is 8.31. The number of rotatable bonds is 6. The quantitative estimate of drug-likeness (QED) is 0.321. The maximum Gasteiger partial charge on any atom is 0.410 e. The molecule has 0 atom stereocenters. The van der Waals surface area contributed by atoms with Gasteiger partial charge in [-0.15, -0.1) is 0 Å². The summed E-state index contributed by atoms with van der Waals surface area (Å²) in [6.45, 7) is 6.17. The summed E-state index contributed by atoms with van der Waals surface area (Å²) in [5, 5.41) is 6.02. The highest BCUT2D eigenvalue weighted by atomic mass is 35.5. The van der Waals surface area contributed by atoms with Crippen LogP contribution in [0, 0.1) is 5.82 Å². The van der Waals surface area contributed by atoms with Crippen LogP contribution >= 0.6 is 23.2 Å². The van der Waals surface area contributed by atoms with Gasteiger partial charge in [0, 0.05) is 43.2 Å².